The first kappa shape index (κ1) is 20.1. The standard InChI is InChI=1S/C18H25N5O4S/c1-3-6-19-17(25)27-12-5-4-11(7-12)14-9-15(23-22-14)21-16(24)8-13-10-20-18(26-2)28-13/h9-12H,3-8H2,1-2H3,(H,19,25)(H2,21,22,23,24)/t11-,12+/m0/s1. The fraction of sp³-hybridized carbons (Fsp3) is 0.556. The molecule has 152 valence electrons. The lowest BCUT2D eigenvalue weighted by Crippen LogP contribution is -2.28. The normalized spacial score (nSPS) is 18.6. The van der Waals surface area contributed by atoms with Crippen molar-refractivity contribution in [3.05, 3.63) is 22.8 Å². The Morgan fingerprint density at radius 1 is 1.39 bits per heavy atom. The van der Waals surface area contributed by atoms with E-state index in [4.69, 9.17) is 9.47 Å². The summed E-state index contributed by atoms with van der Waals surface area (Å²) in [6, 6.07) is 1.84. The zero-order chi connectivity index (χ0) is 19.9. The molecule has 0 spiro atoms. The molecule has 1 fully saturated rings. The Hall–Kier alpha value is -2.62. The second-order valence-electron chi connectivity index (χ2n) is 6.69. The van der Waals surface area contributed by atoms with Crippen LogP contribution in [0.5, 0.6) is 5.19 Å². The van der Waals surface area contributed by atoms with Crippen LogP contribution in [0.3, 0.4) is 0 Å². The number of nitrogens with zero attached hydrogens (tertiary/aromatic N) is 2. The van der Waals surface area contributed by atoms with Gasteiger partial charge in [0.05, 0.1) is 13.5 Å². The van der Waals surface area contributed by atoms with Gasteiger partial charge in [-0.1, -0.05) is 18.3 Å². The van der Waals surface area contributed by atoms with E-state index in [1.807, 2.05) is 13.0 Å². The minimum absolute atomic E-state index is 0.0930. The molecule has 1 aliphatic carbocycles. The van der Waals surface area contributed by atoms with Crippen LogP contribution in [-0.4, -0.2) is 46.9 Å². The molecule has 2 atom stereocenters. The fourth-order valence-electron chi connectivity index (χ4n) is 3.17. The zero-order valence-corrected chi connectivity index (χ0v) is 16.8. The number of carbonyl (C=O) groups excluding carboxylic acids is 2. The van der Waals surface area contributed by atoms with Crippen LogP contribution >= 0.6 is 11.3 Å². The SMILES string of the molecule is CCCNC(=O)O[C@@H]1CC[C@H](c2cc(NC(=O)Cc3cnc(OC)s3)n[nH]2)C1. The highest BCUT2D eigenvalue weighted by molar-refractivity contribution is 7.13. The molecular weight excluding hydrogens is 382 g/mol. The number of carbonyl (C=O) groups is 2. The predicted octanol–water partition coefficient (Wildman–Crippen LogP) is 2.83. The average molecular weight is 407 g/mol. The van der Waals surface area contributed by atoms with Gasteiger partial charge in [-0.3, -0.25) is 9.89 Å². The molecule has 9 nitrogen and oxygen atoms in total. The van der Waals surface area contributed by atoms with E-state index in [2.05, 4.69) is 25.8 Å². The van der Waals surface area contributed by atoms with Gasteiger partial charge < -0.3 is 20.1 Å². The van der Waals surface area contributed by atoms with Gasteiger partial charge in [0.25, 0.3) is 5.19 Å². The van der Waals surface area contributed by atoms with Crippen LogP contribution in [0.2, 0.25) is 0 Å². The lowest BCUT2D eigenvalue weighted by Gasteiger charge is -2.12. The highest BCUT2D eigenvalue weighted by Crippen LogP contribution is 2.35. The Morgan fingerprint density at radius 2 is 2.25 bits per heavy atom. The second-order valence-corrected chi connectivity index (χ2v) is 7.77. The van der Waals surface area contributed by atoms with Crippen LogP contribution in [-0.2, 0) is 16.0 Å². The van der Waals surface area contributed by atoms with Gasteiger partial charge in [0.15, 0.2) is 5.82 Å². The highest BCUT2D eigenvalue weighted by atomic mass is 32.1. The van der Waals surface area contributed by atoms with E-state index in [9.17, 15) is 9.59 Å². The molecule has 0 radical (unpaired) electrons. The van der Waals surface area contributed by atoms with Gasteiger partial charge >= 0.3 is 6.09 Å². The number of methoxy groups -OCH3 is 1. The maximum Gasteiger partial charge on any atom is 0.407 e. The molecule has 0 unspecified atom stereocenters. The van der Waals surface area contributed by atoms with Gasteiger partial charge in [0, 0.05) is 35.3 Å². The van der Waals surface area contributed by atoms with Crippen molar-refractivity contribution in [1.29, 1.82) is 0 Å². The maximum atomic E-state index is 12.2. The molecule has 1 aliphatic rings. The number of H-pyrrole nitrogens is 1. The summed E-state index contributed by atoms with van der Waals surface area (Å²) in [7, 11) is 1.55. The Labute approximate surface area is 167 Å². The first-order chi connectivity index (χ1) is 13.6. The monoisotopic (exact) mass is 407 g/mol. The Kier molecular flexibility index (Phi) is 6.85. The predicted molar refractivity (Wildman–Crippen MR) is 105 cm³/mol. The van der Waals surface area contributed by atoms with Crippen LogP contribution in [0.25, 0.3) is 0 Å². The summed E-state index contributed by atoms with van der Waals surface area (Å²) in [5.74, 6) is 0.555. The molecule has 28 heavy (non-hydrogen) atoms. The molecule has 2 aromatic rings. The number of aromatic nitrogens is 3. The summed E-state index contributed by atoms with van der Waals surface area (Å²) < 4.78 is 10.5. The van der Waals surface area contributed by atoms with Crippen molar-refractivity contribution in [3.8, 4) is 5.19 Å². The average Bonchev–Trinajstić information content (AvgIpc) is 3.41. The van der Waals surface area contributed by atoms with E-state index in [-0.39, 0.29) is 30.4 Å². The molecule has 0 bridgehead atoms. The quantitative estimate of drug-likeness (QED) is 0.619. The van der Waals surface area contributed by atoms with Crippen molar-refractivity contribution in [2.24, 2.45) is 0 Å². The molecule has 3 rings (SSSR count). The first-order valence-corrected chi connectivity index (χ1v) is 10.2. The second kappa shape index (κ2) is 9.54. The Bertz CT molecular complexity index is 806. The van der Waals surface area contributed by atoms with E-state index < -0.39 is 0 Å². The minimum Gasteiger partial charge on any atom is -0.473 e. The minimum atomic E-state index is -0.357. The topological polar surface area (TPSA) is 118 Å². The van der Waals surface area contributed by atoms with Crippen LogP contribution in [0, 0.1) is 0 Å². The summed E-state index contributed by atoms with van der Waals surface area (Å²) in [5.41, 5.74) is 0.940. The number of alkyl carbamates (subject to hydrolysis) is 1. The van der Waals surface area contributed by atoms with Crippen LogP contribution < -0.4 is 15.4 Å². The third-order valence-electron chi connectivity index (χ3n) is 4.52. The highest BCUT2D eigenvalue weighted by Gasteiger charge is 2.30. The molecular formula is C18H25N5O4S. The Morgan fingerprint density at radius 3 is 3.00 bits per heavy atom. The molecule has 2 aromatic heterocycles. The van der Waals surface area contributed by atoms with E-state index in [0.717, 1.165) is 36.3 Å². The van der Waals surface area contributed by atoms with Gasteiger partial charge in [0.1, 0.15) is 6.10 Å². The third-order valence-corrected chi connectivity index (χ3v) is 5.48. The number of ether oxygens (including phenoxy) is 2. The summed E-state index contributed by atoms with van der Waals surface area (Å²) in [6.45, 7) is 2.61. The number of rotatable bonds is 8. The summed E-state index contributed by atoms with van der Waals surface area (Å²) in [5, 5.41) is 13.2. The van der Waals surface area contributed by atoms with Crippen molar-refractivity contribution in [2.75, 3.05) is 19.0 Å². The van der Waals surface area contributed by atoms with E-state index in [1.54, 1.807) is 13.3 Å². The molecule has 1 saturated carbocycles. The van der Waals surface area contributed by atoms with Crippen LogP contribution in [0.4, 0.5) is 10.6 Å². The number of hydrogen-bond acceptors (Lipinski definition) is 7. The first-order valence-electron chi connectivity index (χ1n) is 9.35. The number of thiazole rings is 1. The summed E-state index contributed by atoms with van der Waals surface area (Å²) in [4.78, 5) is 28.7. The van der Waals surface area contributed by atoms with Gasteiger partial charge in [0.2, 0.25) is 5.91 Å². The lowest BCUT2D eigenvalue weighted by molar-refractivity contribution is -0.115. The van der Waals surface area contributed by atoms with Gasteiger partial charge in [-0.05, 0) is 25.7 Å². The van der Waals surface area contributed by atoms with Crippen molar-refractivity contribution < 1.29 is 19.1 Å². The van der Waals surface area contributed by atoms with Crippen molar-refractivity contribution in [2.45, 2.75) is 51.0 Å². The number of nitrogens with one attached hydrogen (secondary N) is 3. The molecule has 3 N–H and O–H groups in total. The molecule has 2 amide bonds. The van der Waals surface area contributed by atoms with Crippen molar-refractivity contribution in [3.63, 3.8) is 0 Å². The number of amides is 2. The van der Waals surface area contributed by atoms with Gasteiger partial charge in [-0.25, -0.2) is 9.78 Å². The van der Waals surface area contributed by atoms with E-state index >= 15 is 0 Å². The number of aromatic amines is 1. The number of anilines is 1. The van der Waals surface area contributed by atoms with Gasteiger partial charge in [-0.2, -0.15) is 5.10 Å². The molecule has 0 aliphatic heterocycles. The van der Waals surface area contributed by atoms with Gasteiger partial charge in [-0.15, -0.1) is 0 Å². The fourth-order valence-corrected chi connectivity index (χ4v) is 3.89. The summed E-state index contributed by atoms with van der Waals surface area (Å²) in [6.07, 6.45) is 4.75. The maximum absolute atomic E-state index is 12.2. The third kappa shape index (κ3) is 5.44. The van der Waals surface area contributed by atoms with Crippen LogP contribution in [0.1, 0.15) is 49.1 Å². The van der Waals surface area contributed by atoms with Crippen molar-refractivity contribution in [1.82, 2.24) is 20.5 Å². The van der Waals surface area contributed by atoms with E-state index in [1.165, 1.54) is 11.3 Å². The van der Waals surface area contributed by atoms with E-state index in [0.29, 0.717) is 17.6 Å². The molecule has 2 heterocycles. The molecule has 10 heteroatoms. The largest absolute Gasteiger partial charge is 0.473 e. The smallest absolute Gasteiger partial charge is 0.407 e. The Balaban J connectivity index is 1.47. The van der Waals surface area contributed by atoms with Crippen molar-refractivity contribution >= 4 is 29.2 Å². The van der Waals surface area contributed by atoms with Crippen LogP contribution in [0.15, 0.2) is 12.3 Å². The summed E-state index contributed by atoms with van der Waals surface area (Å²) >= 11 is 1.34. The number of hydrogen-bond donors (Lipinski definition) is 3. The molecule has 0 aromatic carbocycles. The molecule has 0 saturated heterocycles. The lowest BCUT2D eigenvalue weighted by atomic mass is 10.0. The zero-order valence-electron chi connectivity index (χ0n) is 16.0.